The van der Waals surface area contributed by atoms with E-state index in [0.717, 1.165) is 0 Å². The highest BCUT2D eigenvalue weighted by molar-refractivity contribution is 5.71. The number of ether oxygens (including phenoxy) is 1. The van der Waals surface area contributed by atoms with Crippen molar-refractivity contribution in [3.05, 3.63) is 0 Å². The monoisotopic (exact) mass is 141 g/mol. The number of hydrogen-bond acceptors (Lipinski definition) is 2. The van der Waals surface area contributed by atoms with Crippen molar-refractivity contribution in [2.45, 2.75) is 19.4 Å². The molecule has 0 aliphatic heterocycles. The van der Waals surface area contributed by atoms with E-state index in [-0.39, 0.29) is 0 Å². The van der Waals surface area contributed by atoms with Crippen molar-refractivity contribution in [2.24, 2.45) is 0 Å². The van der Waals surface area contributed by atoms with E-state index in [1.807, 2.05) is 0 Å². The molecule has 1 radical (unpaired) electrons. The van der Waals surface area contributed by atoms with Crippen molar-refractivity contribution >= 4 is 5.97 Å². The van der Waals surface area contributed by atoms with Crippen molar-refractivity contribution < 1.29 is 14.6 Å². The Balaban J connectivity index is 3.92. The second-order valence-electron chi connectivity index (χ2n) is 2.27. The topological polar surface area (TPSA) is 46.2 Å². The summed E-state index contributed by atoms with van der Waals surface area (Å²) in [6.07, 6.45) is 4.98. The molecular weight excluding hydrogens is 132 g/mol. The predicted octanol–water partition coefficient (Wildman–Crippen LogP) is 0.372. The Bertz CT molecular complexity index is 164. The normalized spacial score (nSPS) is 10.2. The van der Waals surface area contributed by atoms with Crippen molar-refractivity contribution in [1.82, 2.24) is 0 Å². The lowest BCUT2D eigenvalue weighted by molar-refractivity contribution is -0.157. The zero-order valence-corrected chi connectivity index (χ0v) is 6.01. The molecule has 3 heteroatoms. The number of hydrogen-bond donors (Lipinski definition) is 0. The molecule has 0 N–H and O–H groups in total. The van der Waals surface area contributed by atoms with E-state index in [1.165, 1.54) is 0 Å². The average molecular weight is 141 g/mol. The largest absolute Gasteiger partial charge is 0.445 e. The second-order valence-corrected chi connectivity index (χ2v) is 2.27. The van der Waals surface area contributed by atoms with Crippen LogP contribution in [-0.2, 0) is 14.6 Å². The molecular formula is C7H9O3. The van der Waals surface area contributed by atoms with Crippen LogP contribution < -0.4 is 0 Å². The van der Waals surface area contributed by atoms with Crippen LogP contribution in [0.3, 0.4) is 0 Å². The van der Waals surface area contributed by atoms with Crippen molar-refractivity contribution in [3.8, 4) is 12.3 Å². The second kappa shape index (κ2) is 3.23. The Hall–Kier alpha value is -1.01. The summed E-state index contributed by atoms with van der Waals surface area (Å²) in [5, 5.41) is 9.88. The molecule has 0 aliphatic carbocycles. The Morgan fingerprint density at radius 3 is 2.50 bits per heavy atom. The molecule has 0 aliphatic rings. The fourth-order valence-electron chi connectivity index (χ4n) is 0.344. The SMILES string of the molecule is C#CC(C)(C)OC(=O)C[O]. The molecule has 0 saturated carbocycles. The maximum atomic E-state index is 10.4. The Labute approximate surface area is 60.0 Å². The minimum absolute atomic E-state index is 0.817. The first-order valence-corrected chi connectivity index (χ1v) is 2.79. The standard InChI is InChI=1S/C7H9O3/c1-4-7(2,3)10-6(9)5-8/h1H,5H2,2-3H3. The van der Waals surface area contributed by atoms with Gasteiger partial charge in [-0.2, -0.15) is 0 Å². The van der Waals surface area contributed by atoms with Gasteiger partial charge >= 0.3 is 5.97 Å². The molecule has 0 heterocycles. The van der Waals surface area contributed by atoms with Crippen LogP contribution >= 0.6 is 0 Å². The maximum absolute atomic E-state index is 10.4. The summed E-state index contributed by atoms with van der Waals surface area (Å²) in [5.41, 5.74) is -0.957. The number of esters is 1. The molecule has 3 nitrogen and oxygen atoms in total. The summed E-state index contributed by atoms with van der Waals surface area (Å²) < 4.78 is 4.55. The lowest BCUT2D eigenvalue weighted by atomic mass is 10.1. The predicted molar refractivity (Wildman–Crippen MR) is 34.6 cm³/mol. The molecule has 0 unspecified atom stereocenters. The van der Waals surface area contributed by atoms with Gasteiger partial charge < -0.3 is 4.74 Å². The van der Waals surface area contributed by atoms with Crippen molar-refractivity contribution in [1.29, 1.82) is 0 Å². The summed E-state index contributed by atoms with van der Waals surface area (Å²) in [5.74, 6) is 1.41. The number of rotatable bonds is 2. The van der Waals surface area contributed by atoms with E-state index in [4.69, 9.17) is 6.42 Å². The lowest BCUT2D eigenvalue weighted by Gasteiger charge is -2.16. The van der Waals surface area contributed by atoms with Gasteiger partial charge in [0.05, 0.1) is 0 Å². The van der Waals surface area contributed by atoms with Crippen LogP contribution in [0.5, 0.6) is 0 Å². The van der Waals surface area contributed by atoms with Gasteiger partial charge in [0.1, 0.15) is 0 Å². The first kappa shape index (κ1) is 8.99. The molecule has 0 atom stereocenters. The third-order valence-corrected chi connectivity index (χ3v) is 0.834. The Kier molecular flexibility index (Phi) is 2.91. The minimum atomic E-state index is -0.957. The van der Waals surface area contributed by atoms with Crippen LogP contribution in [0.15, 0.2) is 0 Å². The third-order valence-electron chi connectivity index (χ3n) is 0.834. The number of carbonyl (C=O) groups is 1. The first-order chi connectivity index (χ1) is 4.52. The van der Waals surface area contributed by atoms with Crippen LogP contribution in [0.1, 0.15) is 13.8 Å². The molecule has 0 amide bonds. The quantitative estimate of drug-likeness (QED) is 0.412. The van der Waals surface area contributed by atoms with Crippen LogP contribution in [0, 0.1) is 12.3 Å². The highest BCUT2D eigenvalue weighted by Crippen LogP contribution is 2.06. The maximum Gasteiger partial charge on any atom is 0.336 e. The van der Waals surface area contributed by atoms with Gasteiger partial charge in [-0.25, -0.2) is 9.90 Å². The molecule has 0 spiro atoms. The van der Waals surface area contributed by atoms with Gasteiger partial charge in [0.25, 0.3) is 0 Å². The molecule has 0 saturated heterocycles. The van der Waals surface area contributed by atoms with E-state index < -0.39 is 18.2 Å². The van der Waals surface area contributed by atoms with E-state index in [9.17, 15) is 9.90 Å². The van der Waals surface area contributed by atoms with Gasteiger partial charge in [-0.15, -0.1) is 6.42 Å². The third kappa shape index (κ3) is 3.10. The molecule has 0 aromatic carbocycles. The molecule has 0 aromatic rings. The molecule has 0 aromatic heterocycles. The van der Waals surface area contributed by atoms with Gasteiger partial charge in [-0.05, 0) is 13.8 Å². The van der Waals surface area contributed by atoms with Gasteiger partial charge in [-0.3, -0.25) is 0 Å². The van der Waals surface area contributed by atoms with E-state index in [0.29, 0.717) is 0 Å². The van der Waals surface area contributed by atoms with Gasteiger partial charge in [0, 0.05) is 0 Å². The summed E-state index contributed by atoms with van der Waals surface area (Å²) >= 11 is 0. The summed E-state index contributed by atoms with van der Waals surface area (Å²) in [4.78, 5) is 10.4. The molecule has 0 fully saturated rings. The van der Waals surface area contributed by atoms with E-state index in [2.05, 4.69) is 10.7 Å². The lowest BCUT2D eigenvalue weighted by Crippen LogP contribution is -2.27. The Morgan fingerprint density at radius 1 is 1.70 bits per heavy atom. The molecule has 0 rings (SSSR count). The highest BCUT2D eigenvalue weighted by atomic mass is 16.6. The summed E-state index contributed by atoms with van der Waals surface area (Å²) in [6, 6.07) is 0. The molecule has 0 bridgehead atoms. The zero-order valence-electron chi connectivity index (χ0n) is 6.01. The van der Waals surface area contributed by atoms with Crippen LogP contribution in [-0.4, -0.2) is 18.2 Å². The summed E-state index contributed by atoms with van der Waals surface area (Å²) in [6.45, 7) is 2.20. The first-order valence-electron chi connectivity index (χ1n) is 2.79. The Morgan fingerprint density at radius 2 is 2.20 bits per heavy atom. The minimum Gasteiger partial charge on any atom is -0.445 e. The fourth-order valence-corrected chi connectivity index (χ4v) is 0.344. The van der Waals surface area contributed by atoms with Crippen LogP contribution in [0.4, 0.5) is 0 Å². The molecule has 55 valence electrons. The fraction of sp³-hybridized carbons (Fsp3) is 0.571. The van der Waals surface area contributed by atoms with Crippen molar-refractivity contribution in [2.75, 3.05) is 6.61 Å². The number of terminal acetylenes is 1. The average Bonchev–Trinajstić information content (AvgIpc) is 1.87. The highest BCUT2D eigenvalue weighted by Gasteiger charge is 2.18. The molecule has 10 heavy (non-hydrogen) atoms. The van der Waals surface area contributed by atoms with E-state index in [1.54, 1.807) is 13.8 Å². The van der Waals surface area contributed by atoms with Gasteiger partial charge in [-0.1, -0.05) is 5.92 Å². The van der Waals surface area contributed by atoms with Crippen molar-refractivity contribution in [3.63, 3.8) is 0 Å². The summed E-state index contributed by atoms with van der Waals surface area (Å²) in [7, 11) is 0. The van der Waals surface area contributed by atoms with E-state index >= 15 is 0 Å². The van der Waals surface area contributed by atoms with Crippen LogP contribution in [0.2, 0.25) is 0 Å². The smallest absolute Gasteiger partial charge is 0.336 e. The van der Waals surface area contributed by atoms with Gasteiger partial charge in [0.15, 0.2) is 12.2 Å². The number of carbonyl (C=O) groups excluding carboxylic acids is 1. The van der Waals surface area contributed by atoms with Crippen LogP contribution in [0.25, 0.3) is 0 Å². The zero-order chi connectivity index (χ0) is 8.20. The van der Waals surface area contributed by atoms with Gasteiger partial charge in [0.2, 0.25) is 0 Å².